The van der Waals surface area contributed by atoms with E-state index in [2.05, 4.69) is 10.3 Å². The van der Waals surface area contributed by atoms with Gasteiger partial charge in [-0.3, -0.25) is 9.59 Å². The van der Waals surface area contributed by atoms with E-state index in [1.807, 2.05) is 14.1 Å². The van der Waals surface area contributed by atoms with E-state index in [-0.39, 0.29) is 29.1 Å². The van der Waals surface area contributed by atoms with Crippen LogP contribution in [0, 0.1) is 0 Å². The van der Waals surface area contributed by atoms with E-state index < -0.39 is 0 Å². The molecule has 1 saturated carbocycles. The molecule has 2 rings (SSSR count). The van der Waals surface area contributed by atoms with Crippen molar-refractivity contribution in [2.45, 2.75) is 37.8 Å². The molecule has 1 aliphatic carbocycles. The molecule has 0 unspecified atom stereocenters. The average molecular weight is 331 g/mol. The maximum atomic E-state index is 12.4. The van der Waals surface area contributed by atoms with Crippen LogP contribution in [-0.2, 0) is 4.74 Å². The van der Waals surface area contributed by atoms with E-state index >= 15 is 0 Å². The molecule has 0 atom stereocenters. The normalized spacial score (nSPS) is 20.8. The van der Waals surface area contributed by atoms with Crippen LogP contribution in [0.15, 0.2) is 30.5 Å². The Labute approximate surface area is 142 Å². The number of ketones is 1. The van der Waals surface area contributed by atoms with Gasteiger partial charge in [-0.25, -0.2) is 4.98 Å². The molecule has 1 aromatic rings. The predicted octanol–water partition coefficient (Wildman–Crippen LogP) is 2.03. The molecule has 6 heteroatoms. The van der Waals surface area contributed by atoms with Crippen LogP contribution in [0.4, 0.5) is 0 Å². The topological polar surface area (TPSA) is 71.5 Å². The first-order chi connectivity index (χ1) is 11.5. The van der Waals surface area contributed by atoms with E-state index in [1.54, 1.807) is 36.4 Å². The average Bonchev–Trinajstić information content (AvgIpc) is 2.60. The fourth-order valence-corrected chi connectivity index (χ4v) is 2.70. The van der Waals surface area contributed by atoms with Crippen LogP contribution in [0.5, 0.6) is 0 Å². The Kier molecular flexibility index (Phi) is 6.49. The Morgan fingerprint density at radius 2 is 1.88 bits per heavy atom. The molecule has 1 N–H and O–H groups in total. The number of hydrogen-bond donors (Lipinski definition) is 1. The minimum atomic E-state index is -0.234. The molecule has 0 radical (unpaired) electrons. The minimum Gasteiger partial charge on any atom is -0.383 e. The highest BCUT2D eigenvalue weighted by molar-refractivity contribution is 6.03. The van der Waals surface area contributed by atoms with Crippen molar-refractivity contribution in [1.82, 2.24) is 15.2 Å². The first-order valence-electron chi connectivity index (χ1n) is 8.19. The Morgan fingerprint density at radius 1 is 1.21 bits per heavy atom. The van der Waals surface area contributed by atoms with Crippen molar-refractivity contribution in [1.29, 1.82) is 0 Å². The highest BCUT2D eigenvalue weighted by Gasteiger charge is 2.23. The van der Waals surface area contributed by atoms with Crippen LogP contribution in [0.25, 0.3) is 0 Å². The van der Waals surface area contributed by atoms with Gasteiger partial charge in [0, 0.05) is 39.5 Å². The van der Waals surface area contributed by atoms with Crippen LogP contribution in [0.3, 0.4) is 0 Å². The van der Waals surface area contributed by atoms with Gasteiger partial charge in [0.25, 0.3) is 5.91 Å². The summed E-state index contributed by atoms with van der Waals surface area (Å²) in [6, 6.07) is 5.06. The van der Waals surface area contributed by atoms with E-state index in [1.165, 1.54) is 6.08 Å². The van der Waals surface area contributed by atoms with E-state index in [0.717, 1.165) is 25.7 Å². The third kappa shape index (κ3) is 5.16. The summed E-state index contributed by atoms with van der Waals surface area (Å²) in [6.45, 7) is 0. The zero-order chi connectivity index (χ0) is 17.5. The molecule has 0 saturated heterocycles. The van der Waals surface area contributed by atoms with Crippen molar-refractivity contribution in [2.75, 3.05) is 21.2 Å². The summed E-state index contributed by atoms with van der Waals surface area (Å²) in [5.74, 6) is -0.457. The van der Waals surface area contributed by atoms with Crippen LogP contribution in [0.1, 0.15) is 46.7 Å². The lowest BCUT2D eigenvalue weighted by Gasteiger charge is -2.28. The van der Waals surface area contributed by atoms with Crippen LogP contribution in [-0.4, -0.2) is 54.9 Å². The third-order valence-electron chi connectivity index (χ3n) is 4.10. The maximum absolute atomic E-state index is 12.4. The highest BCUT2D eigenvalue weighted by atomic mass is 16.5. The number of ether oxygens (including phenoxy) is 1. The molecule has 6 nitrogen and oxygen atoms in total. The lowest BCUT2D eigenvalue weighted by Crippen LogP contribution is -2.39. The fourth-order valence-electron chi connectivity index (χ4n) is 2.70. The number of aromatic nitrogens is 1. The number of allylic oxidation sites excluding steroid dienone is 1. The van der Waals surface area contributed by atoms with Gasteiger partial charge in [-0.15, -0.1) is 0 Å². The molecule has 1 aliphatic rings. The Bertz CT molecular complexity index is 605. The molecule has 1 amide bonds. The summed E-state index contributed by atoms with van der Waals surface area (Å²) in [5.41, 5.74) is 0.539. The fraction of sp³-hybridized carbons (Fsp3) is 0.500. The van der Waals surface area contributed by atoms with E-state index in [0.29, 0.717) is 6.10 Å². The van der Waals surface area contributed by atoms with Crippen molar-refractivity contribution in [3.8, 4) is 0 Å². The summed E-state index contributed by atoms with van der Waals surface area (Å²) < 4.78 is 5.34. The van der Waals surface area contributed by atoms with Crippen molar-refractivity contribution in [2.24, 2.45) is 0 Å². The van der Waals surface area contributed by atoms with Crippen molar-refractivity contribution < 1.29 is 14.3 Å². The Balaban J connectivity index is 1.98. The van der Waals surface area contributed by atoms with Gasteiger partial charge in [0.1, 0.15) is 11.4 Å². The monoisotopic (exact) mass is 331 g/mol. The molecule has 1 fully saturated rings. The number of nitrogens with zero attached hydrogens (tertiary/aromatic N) is 2. The SMILES string of the molecule is COC1CCC(NC(=O)c2cccc(C(=O)/C=C/N(C)C)n2)CC1. The molecule has 1 heterocycles. The molecule has 0 spiro atoms. The molecule has 0 aromatic carbocycles. The number of pyridine rings is 1. The highest BCUT2D eigenvalue weighted by Crippen LogP contribution is 2.20. The zero-order valence-electron chi connectivity index (χ0n) is 14.5. The van der Waals surface area contributed by atoms with Gasteiger partial charge in [-0.2, -0.15) is 0 Å². The van der Waals surface area contributed by atoms with Gasteiger partial charge >= 0.3 is 0 Å². The number of carbonyl (C=O) groups excluding carboxylic acids is 2. The van der Waals surface area contributed by atoms with Gasteiger partial charge in [0.2, 0.25) is 5.78 Å². The smallest absolute Gasteiger partial charge is 0.270 e. The van der Waals surface area contributed by atoms with Crippen molar-refractivity contribution in [3.05, 3.63) is 41.9 Å². The zero-order valence-corrected chi connectivity index (χ0v) is 14.5. The first-order valence-corrected chi connectivity index (χ1v) is 8.19. The van der Waals surface area contributed by atoms with Gasteiger partial charge in [-0.1, -0.05) is 6.07 Å². The number of hydrogen-bond acceptors (Lipinski definition) is 5. The van der Waals surface area contributed by atoms with Crippen molar-refractivity contribution in [3.63, 3.8) is 0 Å². The predicted molar refractivity (Wildman–Crippen MR) is 91.9 cm³/mol. The van der Waals surface area contributed by atoms with E-state index in [4.69, 9.17) is 4.74 Å². The third-order valence-corrected chi connectivity index (χ3v) is 4.10. The quantitative estimate of drug-likeness (QED) is 0.638. The van der Waals surface area contributed by atoms with Crippen LogP contribution < -0.4 is 5.32 Å². The number of methoxy groups -OCH3 is 1. The second-order valence-corrected chi connectivity index (χ2v) is 6.23. The lowest BCUT2D eigenvalue weighted by atomic mass is 9.93. The van der Waals surface area contributed by atoms with E-state index in [9.17, 15) is 9.59 Å². The molecular formula is C18H25N3O3. The summed E-state index contributed by atoms with van der Waals surface area (Å²) in [7, 11) is 5.39. The van der Waals surface area contributed by atoms with Gasteiger partial charge < -0.3 is 15.0 Å². The number of nitrogens with one attached hydrogen (secondary N) is 1. The summed E-state index contributed by atoms with van der Waals surface area (Å²) in [6.07, 6.45) is 7.08. The largest absolute Gasteiger partial charge is 0.383 e. The number of rotatable bonds is 6. The molecule has 130 valence electrons. The molecular weight excluding hydrogens is 306 g/mol. The van der Waals surface area contributed by atoms with Gasteiger partial charge in [-0.05, 0) is 37.8 Å². The van der Waals surface area contributed by atoms with Crippen molar-refractivity contribution >= 4 is 11.7 Å². The molecule has 24 heavy (non-hydrogen) atoms. The Hall–Kier alpha value is -2.21. The number of amides is 1. The molecule has 0 aliphatic heterocycles. The first kappa shape index (κ1) is 18.1. The molecule has 0 bridgehead atoms. The summed E-state index contributed by atoms with van der Waals surface area (Å²) in [4.78, 5) is 30.4. The number of carbonyl (C=O) groups is 2. The second kappa shape index (κ2) is 8.59. The lowest BCUT2D eigenvalue weighted by molar-refractivity contribution is 0.0598. The van der Waals surface area contributed by atoms with Crippen LogP contribution in [0.2, 0.25) is 0 Å². The van der Waals surface area contributed by atoms with Gasteiger partial charge in [0.15, 0.2) is 0 Å². The second-order valence-electron chi connectivity index (χ2n) is 6.23. The minimum absolute atomic E-state index is 0.138. The maximum Gasteiger partial charge on any atom is 0.270 e. The Morgan fingerprint density at radius 3 is 2.50 bits per heavy atom. The standard InChI is InChI=1S/C18H25N3O3/c1-21(2)12-11-17(22)15-5-4-6-16(20-15)18(23)19-13-7-9-14(24-3)10-8-13/h4-6,11-14H,7-10H2,1-3H3,(H,19,23)/b12-11+. The van der Waals surface area contributed by atoms with Gasteiger partial charge in [0.05, 0.1) is 6.10 Å². The molecule has 1 aromatic heterocycles. The van der Waals surface area contributed by atoms with Crippen LogP contribution >= 0.6 is 0 Å². The summed E-state index contributed by atoms with van der Waals surface area (Å²) >= 11 is 0. The summed E-state index contributed by atoms with van der Waals surface area (Å²) in [5, 5.41) is 3.00.